The minimum absolute atomic E-state index is 0.255. The van der Waals surface area contributed by atoms with Crippen LogP contribution in [0.1, 0.15) is 26.3 Å². The normalized spacial score (nSPS) is 10.8. The number of carbonyl (C=O) groups is 3. The lowest BCUT2D eigenvalue weighted by Gasteiger charge is -2.11. The first-order chi connectivity index (χ1) is 17.4. The van der Waals surface area contributed by atoms with E-state index < -0.39 is 11.9 Å². The minimum Gasteiger partial charge on any atom is -0.422 e. The van der Waals surface area contributed by atoms with Gasteiger partial charge in [-0.3, -0.25) is 9.59 Å². The Hall–Kier alpha value is -3.76. The molecule has 0 heterocycles. The van der Waals surface area contributed by atoms with Crippen molar-refractivity contribution in [1.29, 1.82) is 0 Å². The van der Waals surface area contributed by atoms with Gasteiger partial charge in [0, 0.05) is 14.2 Å². The Kier molecular flexibility index (Phi) is 8.29. The third-order valence-electron chi connectivity index (χ3n) is 5.12. The van der Waals surface area contributed by atoms with E-state index in [0.29, 0.717) is 21.7 Å². The topological polar surface area (TPSA) is 96.9 Å². The van der Waals surface area contributed by atoms with Crippen LogP contribution in [0, 0.1) is 3.57 Å². The first-order valence-electron chi connectivity index (χ1n) is 10.8. The molecule has 0 aliphatic rings. The Balaban J connectivity index is 1.47. The van der Waals surface area contributed by atoms with Gasteiger partial charge in [0.2, 0.25) is 0 Å². The van der Waals surface area contributed by atoms with Gasteiger partial charge in [-0.05, 0) is 75.8 Å². The summed E-state index contributed by atoms with van der Waals surface area (Å²) in [6.07, 6.45) is 1.41. The number of fused-ring (bicyclic) bond motifs is 1. The summed E-state index contributed by atoms with van der Waals surface area (Å²) in [5.41, 5.74) is 3.73. The number of hydrazone groups is 1. The van der Waals surface area contributed by atoms with Crippen LogP contribution in [0.3, 0.4) is 0 Å². The number of ether oxygens (including phenoxy) is 1. The van der Waals surface area contributed by atoms with E-state index in [2.05, 4.69) is 38.4 Å². The molecule has 4 rings (SSSR count). The summed E-state index contributed by atoms with van der Waals surface area (Å²) < 4.78 is 6.41. The molecule has 0 spiro atoms. The van der Waals surface area contributed by atoms with E-state index in [9.17, 15) is 14.4 Å². The Bertz CT molecular complexity index is 1470. The SMILES string of the molecule is O=C(CNC(=O)c1ccccc1I)N/N=C\c1c(OC(=O)c2ccc(Cl)cc2)ccc2ccccc12. The van der Waals surface area contributed by atoms with Crippen molar-refractivity contribution in [3.8, 4) is 5.75 Å². The van der Waals surface area contributed by atoms with Crippen molar-refractivity contribution in [1.82, 2.24) is 10.7 Å². The molecule has 2 amide bonds. The van der Waals surface area contributed by atoms with Gasteiger partial charge in [-0.15, -0.1) is 0 Å². The van der Waals surface area contributed by atoms with E-state index in [-0.39, 0.29) is 18.2 Å². The molecule has 0 saturated carbocycles. The van der Waals surface area contributed by atoms with Crippen molar-refractivity contribution in [2.45, 2.75) is 0 Å². The molecule has 180 valence electrons. The van der Waals surface area contributed by atoms with Gasteiger partial charge in [-0.2, -0.15) is 5.10 Å². The summed E-state index contributed by atoms with van der Waals surface area (Å²) in [6.45, 7) is -0.255. The number of hydrogen-bond acceptors (Lipinski definition) is 5. The molecule has 0 saturated heterocycles. The van der Waals surface area contributed by atoms with E-state index in [4.69, 9.17) is 16.3 Å². The van der Waals surface area contributed by atoms with E-state index in [1.165, 1.54) is 6.21 Å². The van der Waals surface area contributed by atoms with E-state index >= 15 is 0 Å². The third-order valence-corrected chi connectivity index (χ3v) is 6.32. The number of benzene rings is 4. The molecule has 4 aromatic carbocycles. The summed E-state index contributed by atoms with van der Waals surface area (Å²) in [5.74, 6) is -1.15. The summed E-state index contributed by atoms with van der Waals surface area (Å²) in [4.78, 5) is 37.2. The number of nitrogens with zero attached hydrogens (tertiary/aromatic N) is 1. The Labute approximate surface area is 225 Å². The maximum Gasteiger partial charge on any atom is 0.343 e. The lowest BCUT2D eigenvalue weighted by atomic mass is 10.0. The van der Waals surface area contributed by atoms with E-state index in [0.717, 1.165) is 14.3 Å². The zero-order chi connectivity index (χ0) is 25.5. The van der Waals surface area contributed by atoms with Crippen LogP contribution in [-0.4, -0.2) is 30.5 Å². The highest BCUT2D eigenvalue weighted by Crippen LogP contribution is 2.27. The molecule has 0 fully saturated rings. The van der Waals surface area contributed by atoms with Crippen molar-refractivity contribution >= 4 is 69.0 Å². The lowest BCUT2D eigenvalue weighted by molar-refractivity contribution is -0.120. The second kappa shape index (κ2) is 11.8. The van der Waals surface area contributed by atoms with Crippen LogP contribution >= 0.6 is 34.2 Å². The second-order valence-electron chi connectivity index (χ2n) is 7.55. The highest BCUT2D eigenvalue weighted by Gasteiger charge is 2.14. The number of hydrogen-bond donors (Lipinski definition) is 2. The van der Waals surface area contributed by atoms with Crippen molar-refractivity contribution in [3.05, 3.63) is 110 Å². The average molecular weight is 612 g/mol. The number of esters is 1. The number of rotatable bonds is 7. The molecule has 0 radical (unpaired) electrons. The fraction of sp³-hybridized carbons (Fsp3) is 0.0370. The van der Waals surface area contributed by atoms with Gasteiger partial charge in [0.25, 0.3) is 11.8 Å². The van der Waals surface area contributed by atoms with Crippen LogP contribution < -0.4 is 15.5 Å². The first kappa shape index (κ1) is 25.3. The second-order valence-corrected chi connectivity index (χ2v) is 9.15. The molecule has 7 nitrogen and oxygen atoms in total. The third kappa shape index (κ3) is 6.27. The summed E-state index contributed by atoms with van der Waals surface area (Å²) >= 11 is 7.96. The summed E-state index contributed by atoms with van der Waals surface area (Å²) in [6, 6.07) is 24.4. The van der Waals surface area contributed by atoms with Crippen molar-refractivity contribution < 1.29 is 19.1 Å². The molecule has 2 N–H and O–H groups in total. The fourth-order valence-corrected chi connectivity index (χ4v) is 4.11. The largest absolute Gasteiger partial charge is 0.422 e. The highest BCUT2D eigenvalue weighted by atomic mass is 127. The monoisotopic (exact) mass is 611 g/mol. The molecule has 4 aromatic rings. The van der Waals surface area contributed by atoms with Gasteiger partial charge in [0.1, 0.15) is 5.75 Å². The van der Waals surface area contributed by atoms with Gasteiger partial charge in [0.15, 0.2) is 0 Å². The quantitative estimate of drug-likeness (QED) is 0.0988. The Morgan fingerprint density at radius 1 is 0.917 bits per heavy atom. The Morgan fingerprint density at radius 2 is 1.64 bits per heavy atom. The van der Waals surface area contributed by atoms with Crippen molar-refractivity contribution in [3.63, 3.8) is 0 Å². The molecule has 0 aliphatic carbocycles. The zero-order valence-electron chi connectivity index (χ0n) is 18.7. The van der Waals surface area contributed by atoms with Gasteiger partial charge in [-0.25, -0.2) is 10.2 Å². The predicted octanol–water partition coefficient (Wildman–Crippen LogP) is 5.20. The van der Waals surface area contributed by atoms with Gasteiger partial charge >= 0.3 is 5.97 Å². The molecule has 0 aliphatic heterocycles. The van der Waals surface area contributed by atoms with Crippen LogP contribution in [0.25, 0.3) is 10.8 Å². The molecular weight excluding hydrogens is 593 g/mol. The maximum atomic E-state index is 12.7. The highest BCUT2D eigenvalue weighted by molar-refractivity contribution is 14.1. The molecule has 9 heteroatoms. The molecule has 0 atom stereocenters. The van der Waals surface area contributed by atoms with Gasteiger partial charge in [0.05, 0.1) is 23.9 Å². The van der Waals surface area contributed by atoms with Crippen LogP contribution in [0.2, 0.25) is 5.02 Å². The number of halogens is 2. The van der Waals surface area contributed by atoms with Crippen LogP contribution in [0.4, 0.5) is 0 Å². The van der Waals surface area contributed by atoms with Crippen molar-refractivity contribution in [2.75, 3.05) is 6.54 Å². The predicted molar refractivity (Wildman–Crippen MR) is 148 cm³/mol. The standard InChI is InChI=1S/C27H19ClIN3O4/c28-19-12-9-18(10-13-19)27(35)36-24-14-11-17-5-1-2-6-20(17)22(24)15-31-32-25(33)16-30-26(34)21-7-3-4-8-23(21)29/h1-15H,16H2,(H,30,34)(H,32,33)/b31-15-. The Morgan fingerprint density at radius 3 is 2.42 bits per heavy atom. The zero-order valence-corrected chi connectivity index (χ0v) is 21.6. The van der Waals surface area contributed by atoms with Gasteiger partial charge < -0.3 is 10.1 Å². The fourth-order valence-electron chi connectivity index (χ4n) is 3.35. The number of carbonyl (C=O) groups excluding carboxylic acids is 3. The molecule has 0 unspecified atom stereocenters. The van der Waals surface area contributed by atoms with Crippen LogP contribution in [0.5, 0.6) is 5.75 Å². The maximum absolute atomic E-state index is 12.7. The molecule has 0 bridgehead atoms. The molecule has 36 heavy (non-hydrogen) atoms. The first-order valence-corrected chi connectivity index (χ1v) is 12.2. The average Bonchev–Trinajstić information content (AvgIpc) is 2.89. The minimum atomic E-state index is -0.557. The van der Waals surface area contributed by atoms with Crippen LogP contribution in [-0.2, 0) is 4.79 Å². The van der Waals surface area contributed by atoms with E-state index in [1.807, 2.05) is 36.4 Å². The molecule has 0 aromatic heterocycles. The lowest BCUT2D eigenvalue weighted by Crippen LogP contribution is -2.35. The summed E-state index contributed by atoms with van der Waals surface area (Å²) in [7, 11) is 0. The number of amides is 2. The summed E-state index contributed by atoms with van der Waals surface area (Å²) in [5, 5.41) is 8.79. The van der Waals surface area contributed by atoms with Gasteiger partial charge in [-0.1, -0.05) is 54.1 Å². The van der Waals surface area contributed by atoms with E-state index in [1.54, 1.807) is 48.5 Å². The number of nitrogens with one attached hydrogen (secondary N) is 2. The van der Waals surface area contributed by atoms with Crippen LogP contribution in [0.15, 0.2) is 90.0 Å². The molecular formula is C27H19ClIN3O4. The van der Waals surface area contributed by atoms with Crippen molar-refractivity contribution in [2.24, 2.45) is 5.10 Å². The smallest absolute Gasteiger partial charge is 0.343 e.